The molecule has 2 aromatic carbocycles. The van der Waals surface area contributed by atoms with Crippen LogP contribution in [0.4, 0.5) is 0 Å². The summed E-state index contributed by atoms with van der Waals surface area (Å²) in [6.45, 7) is 5.30. The van der Waals surface area contributed by atoms with Crippen molar-refractivity contribution in [1.82, 2.24) is 19.8 Å². The van der Waals surface area contributed by atoms with Gasteiger partial charge in [-0.25, -0.2) is 4.98 Å². The third kappa shape index (κ3) is 5.11. The zero-order valence-corrected chi connectivity index (χ0v) is 22.8. The van der Waals surface area contributed by atoms with Crippen LogP contribution in [0.15, 0.2) is 67.0 Å². The SMILES string of the molecule is CC[C@]1(n2cnc(C(=O)N3CCNC[C@H]3Cc3ccccc3)c2-c2ccccc2)CCCCC1(O)OC(C)=O. The molecule has 1 aliphatic heterocycles. The molecular formula is C31H38N4O4. The van der Waals surface area contributed by atoms with Crippen LogP contribution in [0.2, 0.25) is 0 Å². The molecule has 1 aromatic heterocycles. The molecule has 39 heavy (non-hydrogen) atoms. The maximum absolute atomic E-state index is 14.3. The number of piperazine rings is 1. The van der Waals surface area contributed by atoms with Crippen molar-refractivity contribution >= 4 is 11.9 Å². The second kappa shape index (κ2) is 11.3. The van der Waals surface area contributed by atoms with Crippen LogP contribution in [0.5, 0.6) is 0 Å². The number of esters is 1. The zero-order valence-electron chi connectivity index (χ0n) is 22.8. The highest BCUT2D eigenvalue weighted by molar-refractivity contribution is 5.98. The molecular weight excluding hydrogens is 492 g/mol. The topological polar surface area (TPSA) is 96.7 Å². The summed E-state index contributed by atoms with van der Waals surface area (Å²) in [4.78, 5) is 33.1. The molecule has 1 amide bonds. The van der Waals surface area contributed by atoms with Crippen molar-refractivity contribution in [3.8, 4) is 11.3 Å². The van der Waals surface area contributed by atoms with Gasteiger partial charge in [0.15, 0.2) is 5.69 Å². The van der Waals surface area contributed by atoms with Crippen molar-refractivity contribution in [1.29, 1.82) is 0 Å². The van der Waals surface area contributed by atoms with Crippen LogP contribution in [-0.4, -0.2) is 62.9 Å². The van der Waals surface area contributed by atoms with Crippen LogP contribution in [0.3, 0.4) is 0 Å². The fourth-order valence-corrected chi connectivity index (χ4v) is 6.46. The van der Waals surface area contributed by atoms with Gasteiger partial charge in [-0.05, 0) is 31.2 Å². The van der Waals surface area contributed by atoms with E-state index in [-0.39, 0.29) is 11.9 Å². The van der Waals surface area contributed by atoms with E-state index in [2.05, 4.69) is 17.4 Å². The number of nitrogens with zero attached hydrogens (tertiary/aromatic N) is 3. The number of hydrogen-bond donors (Lipinski definition) is 2. The quantitative estimate of drug-likeness (QED) is 0.352. The van der Waals surface area contributed by atoms with Gasteiger partial charge < -0.3 is 24.6 Å². The summed E-state index contributed by atoms with van der Waals surface area (Å²) in [5.74, 6) is -2.37. The number of carbonyl (C=O) groups is 2. The van der Waals surface area contributed by atoms with E-state index in [0.717, 1.165) is 24.8 Å². The van der Waals surface area contributed by atoms with Gasteiger partial charge in [0, 0.05) is 44.6 Å². The number of imidazole rings is 1. The van der Waals surface area contributed by atoms with E-state index in [0.29, 0.717) is 50.3 Å². The molecule has 2 fully saturated rings. The minimum atomic E-state index is -1.71. The molecule has 2 N–H and O–H groups in total. The highest BCUT2D eigenvalue weighted by atomic mass is 16.7. The highest BCUT2D eigenvalue weighted by Crippen LogP contribution is 2.48. The van der Waals surface area contributed by atoms with Crippen molar-refractivity contribution in [2.24, 2.45) is 0 Å². The van der Waals surface area contributed by atoms with Gasteiger partial charge in [-0.3, -0.25) is 9.59 Å². The first-order chi connectivity index (χ1) is 18.9. The molecule has 2 heterocycles. The van der Waals surface area contributed by atoms with E-state index in [4.69, 9.17) is 9.72 Å². The number of rotatable bonds is 7. The molecule has 1 unspecified atom stereocenters. The highest BCUT2D eigenvalue weighted by Gasteiger charge is 2.56. The van der Waals surface area contributed by atoms with Gasteiger partial charge in [-0.2, -0.15) is 0 Å². The Kier molecular flexibility index (Phi) is 7.86. The number of nitrogens with one attached hydrogen (secondary N) is 1. The van der Waals surface area contributed by atoms with Crippen molar-refractivity contribution < 1.29 is 19.4 Å². The molecule has 206 valence electrons. The summed E-state index contributed by atoms with van der Waals surface area (Å²) >= 11 is 0. The van der Waals surface area contributed by atoms with E-state index < -0.39 is 17.3 Å². The van der Waals surface area contributed by atoms with Crippen LogP contribution in [0, 0.1) is 0 Å². The number of amides is 1. The lowest BCUT2D eigenvalue weighted by Gasteiger charge is -2.50. The Morgan fingerprint density at radius 1 is 1.08 bits per heavy atom. The average Bonchev–Trinajstić information content (AvgIpc) is 3.39. The smallest absolute Gasteiger partial charge is 0.305 e. The molecule has 0 radical (unpaired) electrons. The summed E-state index contributed by atoms with van der Waals surface area (Å²) in [5, 5.41) is 15.3. The number of aromatic nitrogens is 2. The average molecular weight is 531 g/mol. The number of hydrogen-bond acceptors (Lipinski definition) is 6. The number of carbonyl (C=O) groups excluding carboxylic acids is 2. The van der Waals surface area contributed by atoms with Gasteiger partial charge in [0.05, 0.1) is 12.0 Å². The third-order valence-corrected chi connectivity index (χ3v) is 8.38. The Bertz CT molecular complexity index is 1290. The molecule has 8 heteroatoms. The molecule has 5 rings (SSSR count). The minimum Gasteiger partial charge on any atom is -0.431 e. The summed E-state index contributed by atoms with van der Waals surface area (Å²) in [6.07, 6.45) is 5.44. The second-order valence-corrected chi connectivity index (χ2v) is 10.7. The molecule has 1 aliphatic carbocycles. The first kappa shape index (κ1) is 27.1. The lowest BCUT2D eigenvalue weighted by molar-refractivity contribution is -0.268. The minimum absolute atomic E-state index is 0.0183. The Balaban J connectivity index is 1.60. The maximum Gasteiger partial charge on any atom is 0.305 e. The first-order valence-electron chi connectivity index (χ1n) is 14.0. The van der Waals surface area contributed by atoms with Gasteiger partial charge in [0.2, 0.25) is 5.79 Å². The standard InChI is InChI=1S/C31H38N4O4/c1-3-30(16-10-11-17-31(30,38)39-23(2)36)35-22-33-27(28(35)25-14-8-5-9-15-25)29(37)34-19-18-32-21-26(34)20-24-12-6-4-7-13-24/h4-9,12-15,22,26,32,38H,3,10-11,16-21H2,1-2H3/t26-,30+,31?/m1/s1. The summed E-state index contributed by atoms with van der Waals surface area (Å²) in [6, 6.07) is 19.9. The molecule has 1 saturated carbocycles. The Hall–Kier alpha value is -3.49. The van der Waals surface area contributed by atoms with Gasteiger partial charge in [0.25, 0.3) is 5.91 Å². The fraction of sp³-hybridized carbons (Fsp3) is 0.452. The molecule has 0 bridgehead atoms. The predicted octanol–water partition coefficient (Wildman–Crippen LogP) is 4.14. The van der Waals surface area contributed by atoms with Gasteiger partial charge in [0.1, 0.15) is 5.54 Å². The van der Waals surface area contributed by atoms with Gasteiger partial charge in [-0.1, -0.05) is 74.0 Å². The van der Waals surface area contributed by atoms with Crippen molar-refractivity contribution in [3.63, 3.8) is 0 Å². The summed E-state index contributed by atoms with van der Waals surface area (Å²) in [5.41, 5.74) is 2.05. The molecule has 3 atom stereocenters. The van der Waals surface area contributed by atoms with Crippen molar-refractivity contribution in [2.75, 3.05) is 19.6 Å². The van der Waals surface area contributed by atoms with Crippen LogP contribution >= 0.6 is 0 Å². The second-order valence-electron chi connectivity index (χ2n) is 10.7. The van der Waals surface area contributed by atoms with Crippen LogP contribution in [0.25, 0.3) is 11.3 Å². The lowest BCUT2D eigenvalue weighted by atomic mass is 9.73. The fourth-order valence-electron chi connectivity index (χ4n) is 6.46. The van der Waals surface area contributed by atoms with E-state index in [9.17, 15) is 14.7 Å². The summed E-state index contributed by atoms with van der Waals surface area (Å²) in [7, 11) is 0. The Labute approximate surface area is 230 Å². The van der Waals surface area contributed by atoms with E-state index in [1.165, 1.54) is 12.5 Å². The Morgan fingerprint density at radius 2 is 1.77 bits per heavy atom. The van der Waals surface area contributed by atoms with E-state index >= 15 is 0 Å². The van der Waals surface area contributed by atoms with E-state index in [1.54, 1.807) is 6.33 Å². The molecule has 1 saturated heterocycles. The largest absolute Gasteiger partial charge is 0.431 e. The number of benzene rings is 2. The molecule has 0 spiro atoms. The number of aliphatic hydroxyl groups is 1. The van der Waals surface area contributed by atoms with Crippen LogP contribution < -0.4 is 5.32 Å². The number of ether oxygens (including phenoxy) is 1. The zero-order chi connectivity index (χ0) is 27.5. The van der Waals surface area contributed by atoms with Gasteiger partial charge >= 0.3 is 5.97 Å². The monoisotopic (exact) mass is 530 g/mol. The summed E-state index contributed by atoms with van der Waals surface area (Å²) < 4.78 is 7.59. The van der Waals surface area contributed by atoms with Crippen molar-refractivity contribution in [2.45, 2.75) is 69.7 Å². The maximum atomic E-state index is 14.3. The van der Waals surface area contributed by atoms with Gasteiger partial charge in [-0.15, -0.1) is 0 Å². The molecule has 3 aromatic rings. The molecule has 2 aliphatic rings. The van der Waals surface area contributed by atoms with Crippen LogP contribution in [-0.2, 0) is 21.5 Å². The lowest BCUT2D eigenvalue weighted by Crippen LogP contribution is -2.59. The van der Waals surface area contributed by atoms with Crippen LogP contribution in [0.1, 0.15) is 62.0 Å². The predicted molar refractivity (Wildman–Crippen MR) is 149 cm³/mol. The first-order valence-corrected chi connectivity index (χ1v) is 14.0. The molecule has 8 nitrogen and oxygen atoms in total. The van der Waals surface area contributed by atoms with E-state index in [1.807, 2.05) is 64.9 Å². The third-order valence-electron chi connectivity index (χ3n) is 8.38. The normalized spacial score (nSPS) is 25.3. The Morgan fingerprint density at radius 3 is 2.46 bits per heavy atom. The van der Waals surface area contributed by atoms with Crippen molar-refractivity contribution in [3.05, 3.63) is 78.2 Å².